The summed E-state index contributed by atoms with van der Waals surface area (Å²) >= 11 is 0. The smallest absolute Gasteiger partial charge is 0.142 e. The average molecular weight is 259 g/mol. The van der Waals surface area contributed by atoms with Crippen LogP contribution in [0.3, 0.4) is 0 Å². The van der Waals surface area contributed by atoms with Crippen molar-refractivity contribution >= 4 is 5.82 Å². The summed E-state index contributed by atoms with van der Waals surface area (Å²) in [5.41, 5.74) is -0.234. The first-order valence-corrected chi connectivity index (χ1v) is 6.98. The molecule has 0 aromatic carbocycles. The highest BCUT2D eigenvalue weighted by molar-refractivity contribution is 5.38. The Labute approximate surface area is 114 Å². The molecule has 4 nitrogen and oxygen atoms in total. The van der Waals surface area contributed by atoms with Crippen LogP contribution in [0.25, 0.3) is 0 Å². The van der Waals surface area contributed by atoms with Crippen molar-refractivity contribution in [3.8, 4) is 6.07 Å². The molecule has 1 saturated carbocycles. The molecule has 1 aromatic rings. The number of pyridine rings is 1. The second-order valence-electron chi connectivity index (χ2n) is 5.45. The molecule has 2 N–H and O–H groups in total. The van der Waals surface area contributed by atoms with E-state index in [1.807, 2.05) is 12.1 Å². The number of hydrogen-bond acceptors (Lipinski definition) is 4. The average Bonchev–Trinajstić information content (AvgIpc) is 2.46. The van der Waals surface area contributed by atoms with Crippen molar-refractivity contribution in [2.75, 3.05) is 11.9 Å². The Morgan fingerprint density at radius 3 is 2.84 bits per heavy atom. The summed E-state index contributed by atoms with van der Waals surface area (Å²) in [7, 11) is 0. The van der Waals surface area contributed by atoms with Gasteiger partial charge in [0.05, 0.1) is 5.60 Å². The fourth-order valence-corrected chi connectivity index (χ4v) is 2.65. The van der Waals surface area contributed by atoms with E-state index < -0.39 is 5.60 Å². The minimum atomic E-state index is -0.629. The molecule has 1 fully saturated rings. The van der Waals surface area contributed by atoms with E-state index in [2.05, 4.69) is 17.2 Å². The van der Waals surface area contributed by atoms with Crippen LogP contribution in [-0.4, -0.2) is 22.2 Å². The molecular weight excluding hydrogens is 238 g/mol. The van der Waals surface area contributed by atoms with Crippen LogP contribution in [0.1, 0.15) is 44.7 Å². The summed E-state index contributed by atoms with van der Waals surface area (Å²) in [6.07, 6.45) is 5.09. The van der Waals surface area contributed by atoms with Crippen LogP contribution in [0.4, 0.5) is 5.82 Å². The Hall–Kier alpha value is -1.60. The Morgan fingerprint density at radius 2 is 2.21 bits per heavy atom. The van der Waals surface area contributed by atoms with Crippen molar-refractivity contribution < 1.29 is 5.11 Å². The van der Waals surface area contributed by atoms with Gasteiger partial charge in [0.1, 0.15) is 17.6 Å². The summed E-state index contributed by atoms with van der Waals surface area (Å²) in [6.45, 7) is 2.72. The van der Waals surface area contributed by atoms with Gasteiger partial charge in [-0.3, -0.25) is 0 Å². The zero-order valence-corrected chi connectivity index (χ0v) is 11.4. The maximum absolute atomic E-state index is 10.5. The summed E-state index contributed by atoms with van der Waals surface area (Å²) in [4.78, 5) is 4.15. The Kier molecular flexibility index (Phi) is 4.39. The van der Waals surface area contributed by atoms with Crippen molar-refractivity contribution in [1.29, 1.82) is 5.26 Å². The number of nitrogens with zero attached hydrogens (tertiary/aromatic N) is 2. The molecule has 0 radical (unpaired) electrons. The Bertz CT molecular complexity index is 459. The normalized spacial score (nSPS) is 26.7. The van der Waals surface area contributed by atoms with Crippen LogP contribution < -0.4 is 5.32 Å². The van der Waals surface area contributed by atoms with E-state index in [0.29, 0.717) is 18.1 Å². The number of aliphatic hydroxyl groups is 1. The van der Waals surface area contributed by atoms with Gasteiger partial charge in [-0.15, -0.1) is 0 Å². The predicted molar refractivity (Wildman–Crippen MR) is 74.6 cm³/mol. The summed E-state index contributed by atoms with van der Waals surface area (Å²) < 4.78 is 0. The molecule has 1 heterocycles. The zero-order chi connectivity index (χ0) is 13.7. The van der Waals surface area contributed by atoms with Crippen molar-refractivity contribution in [3.63, 3.8) is 0 Å². The number of nitriles is 1. The van der Waals surface area contributed by atoms with Crippen molar-refractivity contribution in [1.82, 2.24) is 4.98 Å². The number of hydrogen-bond donors (Lipinski definition) is 2. The van der Waals surface area contributed by atoms with Gasteiger partial charge in [0, 0.05) is 6.54 Å². The van der Waals surface area contributed by atoms with Gasteiger partial charge in [-0.05, 0) is 43.7 Å². The highest BCUT2D eigenvalue weighted by atomic mass is 16.3. The third-order valence-corrected chi connectivity index (χ3v) is 4.08. The first-order chi connectivity index (χ1) is 9.15. The monoisotopic (exact) mass is 259 g/mol. The zero-order valence-electron chi connectivity index (χ0n) is 11.4. The van der Waals surface area contributed by atoms with Crippen LogP contribution in [-0.2, 0) is 0 Å². The summed E-state index contributed by atoms with van der Waals surface area (Å²) in [5, 5.41) is 22.5. The van der Waals surface area contributed by atoms with E-state index in [9.17, 15) is 5.11 Å². The van der Waals surface area contributed by atoms with Crippen LogP contribution in [0.15, 0.2) is 18.2 Å². The van der Waals surface area contributed by atoms with Crippen LogP contribution >= 0.6 is 0 Å². The molecule has 0 bridgehead atoms. The molecule has 0 saturated heterocycles. The van der Waals surface area contributed by atoms with Gasteiger partial charge in [0.2, 0.25) is 0 Å². The highest BCUT2D eigenvalue weighted by Gasteiger charge is 2.32. The molecular formula is C15H21N3O. The second kappa shape index (κ2) is 6.03. The topological polar surface area (TPSA) is 68.9 Å². The highest BCUT2D eigenvalue weighted by Crippen LogP contribution is 2.33. The predicted octanol–water partition coefficient (Wildman–Crippen LogP) is 2.70. The molecule has 102 valence electrons. The van der Waals surface area contributed by atoms with Crippen LogP contribution in [0, 0.1) is 17.2 Å². The van der Waals surface area contributed by atoms with E-state index in [1.165, 1.54) is 6.42 Å². The van der Waals surface area contributed by atoms with Gasteiger partial charge in [-0.2, -0.15) is 5.26 Å². The molecule has 4 heteroatoms. The lowest BCUT2D eigenvalue weighted by molar-refractivity contribution is 0.00223. The van der Waals surface area contributed by atoms with E-state index >= 15 is 0 Å². The fraction of sp³-hybridized carbons (Fsp3) is 0.600. The van der Waals surface area contributed by atoms with Crippen LogP contribution in [0.5, 0.6) is 0 Å². The minimum Gasteiger partial charge on any atom is -0.388 e. The number of rotatable bonds is 4. The SMILES string of the molecule is CCC1CCC(O)(CNc2cccc(C#N)n2)CC1. The van der Waals surface area contributed by atoms with E-state index in [1.54, 1.807) is 12.1 Å². The second-order valence-corrected chi connectivity index (χ2v) is 5.45. The lowest BCUT2D eigenvalue weighted by Crippen LogP contribution is -2.40. The maximum atomic E-state index is 10.5. The first kappa shape index (κ1) is 13.8. The Morgan fingerprint density at radius 1 is 1.47 bits per heavy atom. The van der Waals surface area contributed by atoms with E-state index in [-0.39, 0.29) is 0 Å². The third kappa shape index (κ3) is 3.68. The standard InChI is InChI=1S/C15H21N3O/c1-2-12-6-8-15(19,9-7-12)11-17-14-5-3-4-13(10-16)18-14/h3-5,12,19H,2,6-9,11H2,1H3,(H,17,18). The summed E-state index contributed by atoms with van der Waals surface area (Å²) in [6, 6.07) is 7.31. The molecule has 19 heavy (non-hydrogen) atoms. The van der Waals surface area contributed by atoms with Gasteiger partial charge in [-0.25, -0.2) is 4.98 Å². The molecule has 2 rings (SSSR count). The minimum absolute atomic E-state index is 0.395. The molecule has 0 spiro atoms. The van der Waals surface area contributed by atoms with Gasteiger partial charge in [-0.1, -0.05) is 19.4 Å². The molecule has 0 amide bonds. The quantitative estimate of drug-likeness (QED) is 0.872. The van der Waals surface area contributed by atoms with E-state index in [4.69, 9.17) is 5.26 Å². The van der Waals surface area contributed by atoms with Crippen molar-refractivity contribution in [2.45, 2.75) is 44.6 Å². The first-order valence-electron chi connectivity index (χ1n) is 6.98. The lowest BCUT2D eigenvalue weighted by Gasteiger charge is -2.36. The van der Waals surface area contributed by atoms with Crippen molar-refractivity contribution in [3.05, 3.63) is 23.9 Å². The number of nitrogens with one attached hydrogen (secondary N) is 1. The molecule has 0 unspecified atom stereocenters. The van der Waals surface area contributed by atoms with Crippen LogP contribution in [0.2, 0.25) is 0 Å². The maximum Gasteiger partial charge on any atom is 0.142 e. The lowest BCUT2D eigenvalue weighted by atomic mass is 9.78. The van der Waals surface area contributed by atoms with E-state index in [0.717, 1.165) is 31.6 Å². The molecule has 1 aliphatic rings. The molecule has 0 aliphatic heterocycles. The molecule has 1 aromatic heterocycles. The fourth-order valence-electron chi connectivity index (χ4n) is 2.65. The van der Waals surface area contributed by atoms with Gasteiger partial charge < -0.3 is 10.4 Å². The molecule has 0 atom stereocenters. The van der Waals surface area contributed by atoms with Gasteiger partial charge in [0.25, 0.3) is 0 Å². The van der Waals surface area contributed by atoms with Gasteiger partial charge >= 0.3 is 0 Å². The van der Waals surface area contributed by atoms with Gasteiger partial charge in [0.15, 0.2) is 0 Å². The van der Waals surface area contributed by atoms with Crippen molar-refractivity contribution in [2.24, 2.45) is 5.92 Å². The third-order valence-electron chi connectivity index (χ3n) is 4.08. The largest absolute Gasteiger partial charge is 0.388 e. The Balaban J connectivity index is 1.89. The molecule has 1 aliphatic carbocycles. The number of anilines is 1. The number of aromatic nitrogens is 1. The summed E-state index contributed by atoms with van der Waals surface area (Å²) in [5.74, 6) is 1.42.